The van der Waals surface area contributed by atoms with E-state index in [1.165, 1.54) is 16.7 Å². The van der Waals surface area contributed by atoms with Gasteiger partial charge in [-0.3, -0.25) is 4.98 Å². The highest BCUT2D eigenvalue weighted by Gasteiger charge is 2.26. The van der Waals surface area contributed by atoms with Crippen LogP contribution in [0.3, 0.4) is 0 Å². The zero-order valence-corrected chi connectivity index (χ0v) is 20.4. The fourth-order valence-electron chi connectivity index (χ4n) is 4.50. The molecule has 0 amide bonds. The summed E-state index contributed by atoms with van der Waals surface area (Å²) in [6, 6.07) is 26.0. The van der Waals surface area contributed by atoms with E-state index in [-0.39, 0.29) is 10.8 Å². The molecule has 1 aliphatic rings. The zero-order chi connectivity index (χ0) is 23.4. The van der Waals surface area contributed by atoms with Crippen LogP contribution >= 0.6 is 0 Å². The third-order valence-electron chi connectivity index (χ3n) is 6.49. The van der Waals surface area contributed by atoms with Crippen molar-refractivity contribution in [2.24, 2.45) is 0 Å². The predicted molar refractivity (Wildman–Crippen MR) is 139 cm³/mol. The molecular formula is C31H31NO. The number of hydrogen-bond donors (Lipinski definition) is 0. The maximum atomic E-state index is 6.62. The fourth-order valence-corrected chi connectivity index (χ4v) is 4.50. The van der Waals surface area contributed by atoms with Crippen LogP contribution in [-0.2, 0) is 10.8 Å². The van der Waals surface area contributed by atoms with Crippen LogP contribution in [0.25, 0.3) is 22.2 Å². The number of nitrogens with zero attached hydrogens (tertiary/aromatic N) is 1. The Bertz CT molecular complexity index is 1360. The van der Waals surface area contributed by atoms with Gasteiger partial charge in [0.25, 0.3) is 0 Å². The number of benzene rings is 3. The molecule has 0 bridgehead atoms. The first-order valence-corrected chi connectivity index (χ1v) is 11.6. The van der Waals surface area contributed by atoms with Crippen molar-refractivity contribution in [2.45, 2.75) is 52.4 Å². The minimum atomic E-state index is 0.107. The molecule has 0 fully saturated rings. The summed E-state index contributed by atoms with van der Waals surface area (Å²) in [7, 11) is 0. The summed E-state index contributed by atoms with van der Waals surface area (Å²) in [6.45, 7) is 13.5. The summed E-state index contributed by atoms with van der Waals surface area (Å²) in [5, 5.41) is 1.07. The van der Waals surface area contributed by atoms with Crippen LogP contribution < -0.4 is 4.74 Å². The SMILES string of the molecule is CC(C)(C)c1ccc(C2=C(c3ccc(C(C)(C)C)cc3)c3cccc4nccc(c34)O2)cc1. The molecule has 3 aromatic carbocycles. The van der Waals surface area contributed by atoms with Crippen LogP contribution in [-0.4, -0.2) is 4.98 Å². The minimum Gasteiger partial charge on any atom is -0.455 e. The molecule has 5 rings (SSSR count). The Kier molecular flexibility index (Phi) is 4.93. The number of pyridine rings is 1. The average molecular weight is 434 g/mol. The van der Waals surface area contributed by atoms with Gasteiger partial charge in [0, 0.05) is 17.3 Å². The normalized spacial score (nSPS) is 13.9. The molecule has 0 saturated carbocycles. The largest absolute Gasteiger partial charge is 0.455 e. The van der Waals surface area contributed by atoms with Crippen LogP contribution in [0.15, 0.2) is 79.0 Å². The molecule has 1 aromatic heterocycles. The summed E-state index contributed by atoms with van der Waals surface area (Å²) >= 11 is 0. The molecule has 0 spiro atoms. The molecule has 0 radical (unpaired) electrons. The van der Waals surface area contributed by atoms with Gasteiger partial charge in [-0.05, 0) is 45.2 Å². The third kappa shape index (κ3) is 3.84. The first-order valence-electron chi connectivity index (χ1n) is 11.6. The van der Waals surface area contributed by atoms with Crippen molar-refractivity contribution >= 4 is 22.2 Å². The molecule has 166 valence electrons. The maximum absolute atomic E-state index is 6.62. The van der Waals surface area contributed by atoms with E-state index in [0.717, 1.165) is 39.1 Å². The molecule has 1 aliphatic heterocycles. The summed E-state index contributed by atoms with van der Waals surface area (Å²) < 4.78 is 6.62. The molecule has 2 heterocycles. The molecule has 4 aromatic rings. The molecule has 0 unspecified atom stereocenters. The van der Waals surface area contributed by atoms with E-state index < -0.39 is 0 Å². The van der Waals surface area contributed by atoms with Gasteiger partial charge < -0.3 is 4.74 Å². The van der Waals surface area contributed by atoms with E-state index in [1.807, 2.05) is 12.3 Å². The van der Waals surface area contributed by atoms with Crippen molar-refractivity contribution in [3.05, 3.63) is 107 Å². The number of rotatable bonds is 2. The van der Waals surface area contributed by atoms with Crippen LogP contribution in [0.1, 0.15) is 69.4 Å². The van der Waals surface area contributed by atoms with Gasteiger partial charge in [-0.25, -0.2) is 0 Å². The fraction of sp³-hybridized carbons (Fsp3) is 0.258. The monoisotopic (exact) mass is 433 g/mol. The predicted octanol–water partition coefficient (Wildman–Crippen LogP) is 8.14. The first-order chi connectivity index (χ1) is 15.6. The zero-order valence-electron chi connectivity index (χ0n) is 20.4. The number of hydrogen-bond acceptors (Lipinski definition) is 2. The van der Waals surface area contributed by atoms with E-state index in [1.54, 1.807) is 0 Å². The topological polar surface area (TPSA) is 22.1 Å². The molecular weight excluding hydrogens is 402 g/mol. The molecule has 0 saturated heterocycles. The van der Waals surface area contributed by atoms with Crippen LogP contribution in [0, 0.1) is 0 Å². The summed E-state index contributed by atoms with van der Waals surface area (Å²) in [5.74, 6) is 1.76. The Morgan fingerprint density at radius 1 is 0.636 bits per heavy atom. The standard InChI is InChI=1S/C31H31NO/c1-30(2,3)22-14-10-20(11-15-22)27-24-8-7-9-25-28(24)26(18-19-32-25)33-29(27)21-12-16-23(17-13-21)31(4,5)6/h7-19H,1-6H3. The Morgan fingerprint density at radius 3 is 1.79 bits per heavy atom. The summed E-state index contributed by atoms with van der Waals surface area (Å²) in [6.07, 6.45) is 1.82. The Balaban J connectivity index is 1.75. The molecule has 33 heavy (non-hydrogen) atoms. The van der Waals surface area contributed by atoms with Gasteiger partial charge in [0.15, 0.2) is 0 Å². The molecule has 2 nitrogen and oxygen atoms in total. The third-order valence-corrected chi connectivity index (χ3v) is 6.49. The van der Waals surface area contributed by atoms with E-state index in [0.29, 0.717) is 0 Å². The Hall–Kier alpha value is -3.39. The quantitative estimate of drug-likeness (QED) is 0.318. The van der Waals surface area contributed by atoms with Gasteiger partial charge in [0.05, 0.1) is 10.9 Å². The van der Waals surface area contributed by atoms with E-state index in [9.17, 15) is 0 Å². The average Bonchev–Trinajstić information content (AvgIpc) is 2.78. The van der Waals surface area contributed by atoms with Gasteiger partial charge in [-0.15, -0.1) is 0 Å². The Labute approximate surface area is 197 Å². The summed E-state index contributed by atoms with van der Waals surface area (Å²) in [4.78, 5) is 4.59. The molecule has 0 N–H and O–H groups in total. The van der Waals surface area contributed by atoms with Crippen molar-refractivity contribution in [3.63, 3.8) is 0 Å². The van der Waals surface area contributed by atoms with Crippen molar-refractivity contribution in [1.29, 1.82) is 0 Å². The second-order valence-electron chi connectivity index (χ2n) is 11.0. The van der Waals surface area contributed by atoms with Gasteiger partial charge in [0.2, 0.25) is 0 Å². The minimum absolute atomic E-state index is 0.107. The second kappa shape index (κ2) is 7.59. The highest BCUT2D eigenvalue weighted by molar-refractivity contribution is 6.09. The van der Waals surface area contributed by atoms with Crippen molar-refractivity contribution < 1.29 is 4.74 Å². The van der Waals surface area contributed by atoms with Crippen molar-refractivity contribution in [3.8, 4) is 5.75 Å². The van der Waals surface area contributed by atoms with E-state index >= 15 is 0 Å². The van der Waals surface area contributed by atoms with E-state index in [2.05, 4.69) is 113 Å². The lowest BCUT2D eigenvalue weighted by molar-refractivity contribution is 0.519. The Morgan fingerprint density at radius 2 is 1.21 bits per heavy atom. The van der Waals surface area contributed by atoms with E-state index in [4.69, 9.17) is 4.74 Å². The molecule has 2 heteroatoms. The van der Waals surface area contributed by atoms with Crippen LogP contribution in [0.4, 0.5) is 0 Å². The van der Waals surface area contributed by atoms with Crippen LogP contribution in [0.5, 0.6) is 5.75 Å². The highest BCUT2D eigenvalue weighted by atomic mass is 16.5. The maximum Gasteiger partial charge on any atom is 0.143 e. The van der Waals surface area contributed by atoms with Gasteiger partial charge in [-0.1, -0.05) is 102 Å². The first kappa shape index (κ1) is 21.5. The van der Waals surface area contributed by atoms with Crippen molar-refractivity contribution in [1.82, 2.24) is 4.98 Å². The van der Waals surface area contributed by atoms with Gasteiger partial charge >= 0.3 is 0 Å². The summed E-state index contributed by atoms with van der Waals surface area (Å²) in [5.41, 5.74) is 8.32. The molecule has 0 atom stereocenters. The van der Waals surface area contributed by atoms with Gasteiger partial charge in [-0.2, -0.15) is 0 Å². The van der Waals surface area contributed by atoms with Crippen LogP contribution in [0.2, 0.25) is 0 Å². The second-order valence-corrected chi connectivity index (χ2v) is 11.0. The lowest BCUT2D eigenvalue weighted by Gasteiger charge is -2.26. The lowest BCUT2D eigenvalue weighted by Crippen LogP contribution is -2.12. The molecule has 0 aliphatic carbocycles. The van der Waals surface area contributed by atoms with Gasteiger partial charge in [0.1, 0.15) is 11.5 Å². The number of aromatic nitrogens is 1. The highest BCUT2D eigenvalue weighted by Crippen LogP contribution is 2.45. The number of ether oxygens (including phenoxy) is 1. The smallest absolute Gasteiger partial charge is 0.143 e. The lowest BCUT2D eigenvalue weighted by atomic mass is 9.84. The van der Waals surface area contributed by atoms with Crippen molar-refractivity contribution in [2.75, 3.05) is 0 Å².